The van der Waals surface area contributed by atoms with E-state index in [9.17, 15) is 9.90 Å². The van der Waals surface area contributed by atoms with E-state index in [1.165, 1.54) is 13.2 Å². The molecule has 1 aromatic rings. The largest absolute Gasteiger partial charge is 0.496 e. The number of rotatable bonds is 2. The number of methoxy groups -OCH3 is 1. The first kappa shape index (κ1) is 8.97. The Bertz CT molecular complexity index is 423. The maximum Gasteiger partial charge on any atom is 0.203 e. The highest BCUT2D eigenvalue weighted by Crippen LogP contribution is 2.45. The average molecular weight is 190 g/mol. The van der Waals surface area contributed by atoms with E-state index in [4.69, 9.17) is 4.74 Å². The molecule has 2 rings (SSSR count). The highest BCUT2D eigenvalue weighted by atomic mass is 16.5. The minimum atomic E-state index is -1.55. The molecular weight excluding hydrogens is 180 g/mol. The van der Waals surface area contributed by atoms with Crippen LogP contribution in [-0.4, -0.2) is 18.0 Å². The Morgan fingerprint density at radius 3 is 2.86 bits per heavy atom. The molecule has 1 aromatic carbocycles. The molecule has 72 valence electrons. The summed E-state index contributed by atoms with van der Waals surface area (Å²) in [7, 11) is 1.50. The third-order valence-corrected chi connectivity index (χ3v) is 2.51. The zero-order valence-electron chi connectivity index (χ0n) is 7.78. The second kappa shape index (κ2) is 2.69. The molecule has 0 amide bonds. The first-order valence-electron chi connectivity index (χ1n) is 4.23. The highest BCUT2D eigenvalue weighted by Gasteiger charge is 2.50. The van der Waals surface area contributed by atoms with Crippen LogP contribution in [0.3, 0.4) is 0 Å². The summed E-state index contributed by atoms with van der Waals surface area (Å²) in [6, 6.07) is 5.09. The summed E-state index contributed by atoms with van der Waals surface area (Å²) in [4.78, 5) is 11.5. The molecule has 0 bridgehead atoms. The Morgan fingerprint density at radius 1 is 1.57 bits per heavy atom. The summed E-state index contributed by atoms with van der Waals surface area (Å²) in [6.07, 6.45) is 1.24. The van der Waals surface area contributed by atoms with Gasteiger partial charge in [-0.2, -0.15) is 0 Å². The highest BCUT2D eigenvalue weighted by molar-refractivity contribution is 6.14. The van der Waals surface area contributed by atoms with Gasteiger partial charge in [-0.15, -0.1) is 0 Å². The van der Waals surface area contributed by atoms with Crippen molar-refractivity contribution in [1.29, 1.82) is 0 Å². The molecule has 1 aliphatic rings. The van der Waals surface area contributed by atoms with Crippen LogP contribution >= 0.6 is 0 Å². The fraction of sp³-hybridized carbons (Fsp3) is 0.182. The van der Waals surface area contributed by atoms with E-state index in [1.54, 1.807) is 18.2 Å². The Morgan fingerprint density at radius 2 is 2.29 bits per heavy atom. The molecule has 1 aliphatic carbocycles. The molecule has 3 nitrogen and oxygen atoms in total. The molecule has 0 saturated carbocycles. The molecule has 14 heavy (non-hydrogen) atoms. The molecule has 0 fully saturated rings. The van der Waals surface area contributed by atoms with Crippen LogP contribution in [0, 0.1) is 0 Å². The van der Waals surface area contributed by atoms with Gasteiger partial charge in [-0.3, -0.25) is 4.79 Å². The van der Waals surface area contributed by atoms with E-state index in [0.717, 1.165) is 0 Å². The van der Waals surface area contributed by atoms with Crippen LogP contribution in [-0.2, 0) is 5.60 Å². The van der Waals surface area contributed by atoms with E-state index in [2.05, 4.69) is 6.58 Å². The molecule has 0 radical (unpaired) electrons. The van der Waals surface area contributed by atoms with Crippen molar-refractivity contribution < 1.29 is 14.6 Å². The number of carbonyl (C=O) groups excluding carboxylic acids is 1. The zero-order valence-corrected chi connectivity index (χ0v) is 7.78. The van der Waals surface area contributed by atoms with Crippen molar-refractivity contribution in [3.63, 3.8) is 0 Å². The van der Waals surface area contributed by atoms with Gasteiger partial charge in [0.15, 0.2) is 5.60 Å². The van der Waals surface area contributed by atoms with Crippen molar-refractivity contribution >= 4 is 5.78 Å². The summed E-state index contributed by atoms with van der Waals surface area (Å²) in [6.45, 7) is 3.45. The summed E-state index contributed by atoms with van der Waals surface area (Å²) in [5.41, 5.74) is -0.531. The summed E-state index contributed by atoms with van der Waals surface area (Å²) in [5, 5.41) is 9.90. The number of ketones is 1. The van der Waals surface area contributed by atoms with Crippen LogP contribution in [0.1, 0.15) is 15.9 Å². The van der Waals surface area contributed by atoms with Crippen molar-refractivity contribution in [2.45, 2.75) is 5.60 Å². The quantitative estimate of drug-likeness (QED) is 0.714. The Hall–Kier alpha value is -1.61. The van der Waals surface area contributed by atoms with Crippen molar-refractivity contribution in [3.8, 4) is 5.75 Å². The summed E-state index contributed by atoms with van der Waals surface area (Å²) >= 11 is 0. The van der Waals surface area contributed by atoms with E-state index >= 15 is 0 Å². The molecule has 1 atom stereocenters. The van der Waals surface area contributed by atoms with Crippen LogP contribution in [0.15, 0.2) is 30.9 Å². The second-order valence-electron chi connectivity index (χ2n) is 3.18. The third kappa shape index (κ3) is 0.822. The number of hydrogen-bond donors (Lipinski definition) is 1. The molecule has 3 heteroatoms. The first-order chi connectivity index (χ1) is 6.65. The summed E-state index contributed by atoms with van der Waals surface area (Å²) < 4.78 is 5.06. The van der Waals surface area contributed by atoms with Crippen molar-refractivity contribution in [2.75, 3.05) is 7.11 Å². The van der Waals surface area contributed by atoms with Crippen molar-refractivity contribution in [1.82, 2.24) is 0 Å². The van der Waals surface area contributed by atoms with Gasteiger partial charge in [0.1, 0.15) is 5.75 Å². The molecule has 0 aromatic heterocycles. The van der Waals surface area contributed by atoms with Gasteiger partial charge in [0.05, 0.1) is 7.11 Å². The predicted octanol–water partition coefficient (Wildman–Crippen LogP) is 1.27. The van der Waals surface area contributed by atoms with E-state index in [0.29, 0.717) is 16.9 Å². The SMILES string of the molecule is C=C[C@@]1(O)C(=O)c2cccc(OC)c21. The van der Waals surface area contributed by atoms with Gasteiger partial charge >= 0.3 is 0 Å². The summed E-state index contributed by atoms with van der Waals surface area (Å²) in [5.74, 6) is 0.200. The van der Waals surface area contributed by atoms with Gasteiger partial charge in [-0.1, -0.05) is 18.7 Å². The smallest absolute Gasteiger partial charge is 0.203 e. The number of ether oxygens (including phenoxy) is 1. The first-order valence-corrected chi connectivity index (χ1v) is 4.23. The van der Waals surface area contributed by atoms with Crippen molar-refractivity contribution in [3.05, 3.63) is 42.0 Å². The van der Waals surface area contributed by atoms with Gasteiger partial charge in [0.2, 0.25) is 5.78 Å². The molecule has 0 saturated heterocycles. The van der Waals surface area contributed by atoms with Gasteiger partial charge < -0.3 is 9.84 Å². The number of aliphatic hydroxyl groups is 1. The van der Waals surface area contributed by atoms with E-state index in [-0.39, 0.29) is 5.78 Å². The lowest BCUT2D eigenvalue weighted by Gasteiger charge is -2.35. The molecule has 1 N–H and O–H groups in total. The Kier molecular flexibility index (Phi) is 1.72. The molecule has 0 aliphatic heterocycles. The van der Waals surface area contributed by atoms with Gasteiger partial charge in [0.25, 0.3) is 0 Å². The monoisotopic (exact) mass is 190 g/mol. The third-order valence-electron chi connectivity index (χ3n) is 2.51. The standard InChI is InChI=1S/C11H10O3/c1-3-11(13)9-7(10(11)12)5-4-6-8(9)14-2/h3-6,13H,1H2,2H3/t11-/m0/s1. The lowest BCUT2D eigenvalue weighted by atomic mass is 9.71. The minimum Gasteiger partial charge on any atom is -0.496 e. The van der Waals surface area contributed by atoms with Crippen LogP contribution in [0.4, 0.5) is 0 Å². The number of fused-ring (bicyclic) bond motifs is 1. The lowest BCUT2D eigenvalue weighted by molar-refractivity contribution is 0.0399. The van der Waals surface area contributed by atoms with Crippen LogP contribution < -0.4 is 4.74 Å². The van der Waals surface area contributed by atoms with Gasteiger partial charge in [-0.25, -0.2) is 0 Å². The van der Waals surface area contributed by atoms with E-state index < -0.39 is 5.60 Å². The number of Topliss-reactive ketones (excluding diaryl/α,β-unsaturated/α-hetero) is 1. The molecule has 0 unspecified atom stereocenters. The average Bonchev–Trinajstić information content (AvgIpc) is 2.26. The topological polar surface area (TPSA) is 46.5 Å². The normalized spacial score (nSPS) is 23.7. The maximum absolute atomic E-state index is 11.5. The maximum atomic E-state index is 11.5. The van der Waals surface area contributed by atoms with Gasteiger partial charge in [-0.05, 0) is 12.1 Å². The van der Waals surface area contributed by atoms with Crippen LogP contribution in [0.5, 0.6) is 5.75 Å². The lowest BCUT2D eigenvalue weighted by Crippen LogP contribution is -2.44. The second-order valence-corrected chi connectivity index (χ2v) is 3.18. The Balaban J connectivity index is 2.67. The van der Waals surface area contributed by atoms with Crippen LogP contribution in [0.2, 0.25) is 0 Å². The number of hydrogen-bond acceptors (Lipinski definition) is 3. The Labute approximate surface area is 81.6 Å². The fourth-order valence-corrected chi connectivity index (χ4v) is 1.73. The minimum absolute atomic E-state index is 0.318. The molecular formula is C11H10O3. The number of benzene rings is 1. The zero-order chi connectivity index (χ0) is 10.3. The predicted molar refractivity (Wildman–Crippen MR) is 51.4 cm³/mol. The molecule has 0 heterocycles. The van der Waals surface area contributed by atoms with Crippen molar-refractivity contribution in [2.24, 2.45) is 0 Å². The molecule has 0 spiro atoms. The van der Waals surface area contributed by atoms with E-state index in [1.807, 2.05) is 0 Å². The van der Waals surface area contributed by atoms with Gasteiger partial charge in [0, 0.05) is 11.1 Å². The fourth-order valence-electron chi connectivity index (χ4n) is 1.73. The van der Waals surface area contributed by atoms with Crippen LogP contribution in [0.25, 0.3) is 0 Å². The number of carbonyl (C=O) groups is 1.